The molecule has 0 bridgehead atoms. The summed E-state index contributed by atoms with van der Waals surface area (Å²) in [6, 6.07) is 15.1. The van der Waals surface area contributed by atoms with Crippen molar-refractivity contribution in [2.45, 2.75) is 19.9 Å². The average molecular weight is 361 g/mol. The van der Waals surface area contributed by atoms with Crippen LogP contribution < -0.4 is 10.5 Å². The molecule has 0 N–H and O–H groups in total. The second-order valence-corrected chi connectivity index (χ2v) is 6.39. The highest BCUT2D eigenvalue weighted by Gasteiger charge is 2.18. The van der Waals surface area contributed by atoms with Gasteiger partial charge in [-0.3, -0.25) is 9.48 Å². The van der Waals surface area contributed by atoms with Crippen LogP contribution in [0.4, 0.5) is 5.69 Å². The molecule has 0 unspecified atom stereocenters. The Hall–Kier alpha value is -3.41. The third-order valence-electron chi connectivity index (χ3n) is 4.80. The van der Waals surface area contributed by atoms with Gasteiger partial charge in [-0.25, -0.2) is 4.79 Å². The standard InChI is InChI=1S/C21H19N3O3/c1-3-14-8-4-6-10-17(14)23(2)19(25)13-24-20-15-9-5-7-11-18(15)27-21(26)16(20)12-22-24/h4-12H,3,13H2,1-2H3. The molecule has 2 aromatic carbocycles. The molecule has 27 heavy (non-hydrogen) atoms. The van der Waals surface area contributed by atoms with E-state index in [0.29, 0.717) is 16.5 Å². The lowest BCUT2D eigenvalue weighted by Gasteiger charge is -2.20. The maximum atomic E-state index is 12.9. The Morgan fingerprint density at radius 3 is 2.67 bits per heavy atom. The van der Waals surface area contributed by atoms with Crippen molar-refractivity contribution < 1.29 is 9.21 Å². The molecule has 136 valence electrons. The number of aromatic nitrogens is 2. The molecule has 0 radical (unpaired) electrons. The van der Waals surface area contributed by atoms with Crippen molar-refractivity contribution in [2.24, 2.45) is 0 Å². The molecule has 2 aromatic heterocycles. The molecule has 0 aliphatic rings. The fourth-order valence-corrected chi connectivity index (χ4v) is 3.35. The van der Waals surface area contributed by atoms with E-state index in [-0.39, 0.29) is 12.5 Å². The number of amides is 1. The summed E-state index contributed by atoms with van der Waals surface area (Å²) in [5.74, 6) is -0.113. The van der Waals surface area contributed by atoms with Gasteiger partial charge in [-0.05, 0) is 30.2 Å². The predicted octanol–water partition coefficient (Wildman–Crippen LogP) is 3.37. The Bertz CT molecular complexity index is 1210. The minimum atomic E-state index is -0.452. The Balaban J connectivity index is 1.75. The average Bonchev–Trinajstić information content (AvgIpc) is 3.12. The highest BCUT2D eigenvalue weighted by molar-refractivity contribution is 6.03. The quantitative estimate of drug-likeness (QED) is 0.523. The maximum absolute atomic E-state index is 12.9. The van der Waals surface area contributed by atoms with Gasteiger partial charge in [0.05, 0.1) is 11.7 Å². The first-order chi connectivity index (χ1) is 13.1. The number of fused-ring (bicyclic) bond motifs is 3. The first-order valence-corrected chi connectivity index (χ1v) is 8.82. The minimum Gasteiger partial charge on any atom is -0.422 e. The molecule has 4 aromatic rings. The van der Waals surface area contributed by atoms with Crippen molar-refractivity contribution in [3.8, 4) is 0 Å². The molecule has 1 amide bonds. The number of carbonyl (C=O) groups excluding carboxylic acids is 1. The van der Waals surface area contributed by atoms with Gasteiger partial charge in [0, 0.05) is 18.1 Å². The van der Waals surface area contributed by atoms with E-state index >= 15 is 0 Å². The van der Waals surface area contributed by atoms with Crippen molar-refractivity contribution in [3.05, 3.63) is 70.7 Å². The molecule has 4 rings (SSSR count). The smallest absolute Gasteiger partial charge is 0.347 e. The van der Waals surface area contributed by atoms with Crippen LogP contribution in [0.1, 0.15) is 12.5 Å². The van der Waals surface area contributed by atoms with Crippen LogP contribution in [0.5, 0.6) is 0 Å². The molecular weight excluding hydrogens is 342 g/mol. The van der Waals surface area contributed by atoms with E-state index in [1.165, 1.54) is 6.20 Å². The predicted molar refractivity (Wildman–Crippen MR) is 105 cm³/mol. The molecule has 2 heterocycles. The van der Waals surface area contributed by atoms with Gasteiger partial charge < -0.3 is 9.32 Å². The van der Waals surface area contributed by atoms with Crippen LogP contribution >= 0.6 is 0 Å². The number of nitrogens with zero attached hydrogens (tertiary/aromatic N) is 3. The number of rotatable bonds is 4. The van der Waals surface area contributed by atoms with Crippen LogP contribution in [0.25, 0.3) is 21.9 Å². The molecule has 0 saturated heterocycles. The van der Waals surface area contributed by atoms with E-state index in [4.69, 9.17) is 4.42 Å². The summed E-state index contributed by atoms with van der Waals surface area (Å²) in [5, 5.41) is 5.41. The van der Waals surface area contributed by atoms with Gasteiger partial charge in [-0.15, -0.1) is 0 Å². The second-order valence-electron chi connectivity index (χ2n) is 6.39. The van der Waals surface area contributed by atoms with E-state index in [2.05, 4.69) is 12.0 Å². The van der Waals surface area contributed by atoms with Crippen molar-refractivity contribution in [3.63, 3.8) is 0 Å². The van der Waals surface area contributed by atoms with Crippen molar-refractivity contribution in [2.75, 3.05) is 11.9 Å². The summed E-state index contributed by atoms with van der Waals surface area (Å²) in [4.78, 5) is 26.8. The number of anilines is 1. The Kier molecular flexibility index (Phi) is 4.24. The molecule has 0 saturated carbocycles. The fraction of sp³-hybridized carbons (Fsp3) is 0.190. The molecular formula is C21H19N3O3. The highest BCUT2D eigenvalue weighted by atomic mass is 16.4. The van der Waals surface area contributed by atoms with Crippen LogP contribution in [-0.4, -0.2) is 22.7 Å². The largest absolute Gasteiger partial charge is 0.422 e. The monoisotopic (exact) mass is 361 g/mol. The lowest BCUT2D eigenvalue weighted by atomic mass is 10.1. The van der Waals surface area contributed by atoms with Gasteiger partial charge >= 0.3 is 5.63 Å². The topological polar surface area (TPSA) is 68.3 Å². The summed E-state index contributed by atoms with van der Waals surface area (Å²) in [6.45, 7) is 2.09. The molecule has 0 spiro atoms. The Labute approximate surface area is 155 Å². The first-order valence-electron chi connectivity index (χ1n) is 8.82. The van der Waals surface area contributed by atoms with Crippen LogP contribution in [0.3, 0.4) is 0 Å². The second kappa shape index (κ2) is 6.72. The van der Waals surface area contributed by atoms with Crippen LogP contribution in [0, 0.1) is 0 Å². The van der Waals surface area contributed by atoms with Crippen molar-refractivity contribution in [1.29, 1.82) is 0 Å². The van der Waals surface area contributed by atoms with Gasteiger partial charge in [-0.1, -0.05) is 37.3 Å². The van der Waals surface area contributed by atoms with Gasteiger partial charge in [0.2, 0.25) is 5.91 Å². The Morgan fingerprint density at radius 2 is 1.85 bits per heavy atom. The minimum absolute atomic E-state index is 0.0332. The number of benzene rings is 2. The Morgan fingerprint density at radius 1 is 1.11 bits per heavy atom. The van der Waals surface area contributed by atoms with Gasteiger partial charge in [-0.2, -0.15) is 5.10 Å². The SMILES string of the molecule is CCc1ccccc1N(C)C(=O)Cn1ncc2c(=O)oc3ccccc3c21. The van der Waals surface area contributed by atoms with E-state index in [0.717, 1.165) is 23.1 Å². The number of para-hydroxylation sites is 2. The van der Waals surface area contributed by atoms with Gasteiger partial charge in [0.1, 0.15) is 17.5 Å². The number of hydrogen-bond donors (Lipinski definition) is 0. The fourth-order valence-electron chi connectivity index (χ4n) is 3.35. The number of carbonyl (C=O) groups is 1. The maximum Gasteiger partial charge on any atom is 0.347 e. The zero-order valence-electron chi connectivity index (χ0n) is 15.2. The summed E-state index contributed by atoms with van der Waals surface area (Å²) in [7, 11) is 1.76. The molecule has 0 aliphatic heterocycles. The molecule has 6 nitrogen and oxygen atoms in total. The van der Waals surface area contributed by atoms with Crippen LogP contribution in [-0.2, 0) is 17.8 Å². The van der Waals surface area contributed by atoms with E-state index < -0.39 is 5.63 Å². The first kappa shape index (κ1) is 17.0. The zero-order chi connectivity index (χ0) is 19.0. The van der Waals surface area contributed by atoms with Gasteiger partial charge in [0.15, 0.2) is 0 Å². The molecule has 0 fully saturated rings. The number of aryl methyl sites for hydroxylation is 1. The number of hydrogen-bond acceptors (Lipinski definition) is 4. The van der Waals surface area contributed by atoms with E-state index in [9.17, 15) is 9.59 Å². The lowest BCUT2D eigenvalue weighted by molar-refractivity contribution is -0.119. The lowest BCUT2D eigenvalue weighted by Crippen LogP contribution is -2.31. The molecule has 0 aliphatic carbocycles. The van der Waals surface area contributed by atoms with E-state index in [1.807, 2.05) is 36.4 Å². The van der Waals surface area contributed by atoms with Crippen LogP contribution in [0.15, 0.2) is 63.9 Å². The number of likely N-dealkylation sites (N-methyl/N-ethyl adjacent to an activating group) is 1. The zero-order valence-corrected chi connectivity index (χ0v) is 15.2. The summed E-state index contributed by atoms with van der Waals surface area (Å²) in [5.41, 5.74) is 2.63. The highest BCUT2D eigenvalue weighted by Crippen LogP contribution is 2.24. The third kappa shape index (κ3) is 2.89. The molecule has 6 heteroatoms. The van der Waals surface area contributed by atoms with Gasteiger partial charge in [0.25, 0.3) is 0 Å². The molecule has 0 atom stereocenters. The summed E-state index contributed by atoms with van der Waals surface area (Å²) >= 11 is 0. The van der Waals surface area contributed by atoms with Crippen LogP contribution in [0.2, 0.25) is 0 Å². The normalized spacial score (nSPS) is 11.2. The van der Waals surface area contributed by atoms with E-state index in [1.54, 1.807) is 28.8 Å². The summed E-state index contributed by atoms with van der Waals surface area (Å²) in [6.07, 6.45) is 2.30. The third-order valence-corrected chi connectivity index (χ3v) is 4.80. The summed E-state index contributed by atoms with van der Waals surface area (Å²) < 4.78 is 6.91. The van der Waals surface area contributed by atoms with Crippen molar-refractivity contribution >= 4 is 33.5 Å². The van der Waals surface area contributed by atoms with Crippen molar-refractivity contribution in [1.82, 2.24) is 9.78 Å².